The second-order valence-corrected chi connectivity index (χ2v) is 13.4. The smallest absolute Gasteiger partial charge is 0.169 e. The molecule has 0 atom stereocenters. The van der Waals surface area contributed by atoms with E-state index in [1.165, 1.54) is 54.3 Å². The van der Waals surface area contributed by atoms with E-state index in [4.69, 9.17) is 14.2 Å². The fraction of sp³-hybridized carbons (Fsp3) is 0.366. The van der Waals surface area contributed by atoms with E-state index in [1.807, 2.05) is 23.2 Å². The second kappa shape index (κ2) is 16.3. The third-order valence-electron chi connectivity index (χ3n) is 9.49. The van der Waals surface area contributed by atoms with E-state index in [0.29, 0.717) is 33.2 Å². The Balaban J connectivity index is 1.10. The lowest BCUT2D eigenvalue weighted by atomic mass is 10.1. The van der Waals surface area contributed by atoms with E-state index in [9.17, 15) is 0 Å². The maximum atomic E-state index is 6.17. The highest BCUT2D eigenvalue weighted by Crippen LogP contribution is 2.32. The first-order valence-electron chi connectivity index (χ1n) is 17.4. The van der Waals surface area contributed by atoms with E-state index in [2.05, 4.69) is 121 Å². The number of ether oxygens (including phenoxy) is 3. The van der Waals surface area contributed by atoms with Gasteiger partial charge < -0.3 is 23.3 Å². The number of aryl methyl sites for hydroxylation is 2. The van der Waals surface area contributed by atoms with Crippen molar-refractivity contribution in [2.75, 3.05) is 59.7 Å². The van der Waals surface area contributed by atoms with Crippen molar-refractivity contribution < 1.29 is 27.8 Å². The van der Waals surface area contributed by atoms with Crippen LogP contribution in [0.1, 0.15) is 41.5 Å². The number of aromatic nitrogens is 3. The van der Waals surface area contributed by atoms with Gasteiger partial charge in [0.05, 0.1) is 64.2 Å². The summed E-state index contributed by atoms with van der Waals surface area (Å²) in [6.45, 7) is 7.22. The van der Waals surface area contributed by atoms with Crippen LogP contribution in [0.2, 0.25) is 0 Å². The Labute approximate surface area is 285 Å². The molecule has 0 radical (unpaired) electrons. The van der Waals surface area contributed by atoms with Crippen molar-refractivity contribution in [1.82, 2.24) is 4.57 Å². The Morgan fingerprint density at radius 2 is 1.04 bits per heavy atom. The van der Waals surface area contributed by atoms with Crippen molar-refractivity contribution in [2.24, 2.45) is 14.1 Å². The molecule has 1 saturated heterocycles. The molecule has 0 spiro atoms. The molecule has 3 aromatic heterocycles. The molecule has 1 aliphatic rings. The minimum absolute atomic E-state index is 0.461. The fourth-order valence-electron chi connectivity index (χ4n) is 6.50. The molecule has 1 aliphatic heterocycles. The summed E-state index contributed by atoms with van der Waals surface area (Å²) in [7, 11) is 6.43. The molecule has 6 rings (SSSR count). The standard InChI is InChI=1S/C41H51N4O3/c1-42-19-15-34(16-20-42)7-9-36-11-13-40-38(31-36)39-32-37(10-8-35-17-21-43(2)22-18-35)12-14-41(39)44(40)33-48-30-29-47-28-27-46-26-25-45(3)23-5-4-6-24-45/h7-22,31-32H,4-6,23-30,33H2,1-3H3/q+3. The molecule has 0 bridgehead atoms. The molecule has 4 heterocycles. The van der Waals surface area contributed by atoms with E-state index >= 15 is 0 Å². The minimum Gasteiger partial charge on any atom is -0.377 e. The summed E-state index contributed by atoms with van der Waals surface area (Å²) < 4.78 is 25.4. The molecule has 5 aromatic rings. The van der Waals surface area contributed by atoms with E-state index in [-0.39, 0.29) is 0 Å². The van der Waals surface area contributed by atoms with Gasteiger partial charge in [0.15, 0.2) is 24.8 Å². The average Bonchev–Trinajstić information content (AvgIpc) is 3.40. The van der Waals surface area contributed by atoms with Crippen molar-refractivity contribution in [3.63, 3.8) is 0 Å². The molecule has 0 amide bonds. The van der Waals surface area contributed by atoms with E-state index < -0.39 is 0 Å². The number of piperidine rings is 1. The lowest BCUT2D eigenvalue weighted by Crippen LogP contribution is -2.49. The molecule has 2 aromatic carbocycles. The number of likely N-dealkylation sites (tertiary alicyclic amines) is 1. The largest absolute Gasteiger partial charge is 0.377 e. The lowest BCUT2D eigenvalue weighted by molar-refractivity contribution is -0.914. The number of hydrogen-bond acceptors (Lipinski definition) is 3. The zero-order valence-corrected chi connectivity index (χ0v) is 28.9. The van der Waals surface area contributed by atoms with Crippen LogP contribution in [0.15, 0.2) is 85.5 Å². The molecule has 0 aliphatic carbocycles. The van der Waals surface area contributed by atoms with Gasteiger partial charge in [0.1, 0.15) is 27.4 Å². The van der Waals surface area contributed by atoms with Gasteiger partial charge in [0, 0.05) is 35.0 Å². The van der Waals surface area contributed by atoms with Crippen LogP contribution >= 0.6 is 0 Å². The first kappa shape index (κ1) is 33.7. The Bertz CT molecular complexity index is 1720. The molecular weight excluding hydrogens is 596 g/mol. The molecule has 0 unspecified atom stereocenters. The summed E-state index contributed by atoms with van der Waals surface area (Å²) in [6.07, 6.45) is 21.0. The molecule has 250 valence electrons. The summed E-state index contributed by atoms with van der Waals surface area (Å²) >= 11 is 0. The highest BCUT2D eigenvalue weighted by atomic mass is 16.5. The lowest BCUT2D eigenvalue weighted by Gasteiger charge is -2.37. The number of nitrogens with zero attached hydrogens (tertiary/aromatic N) is 4. The Hall–Kier alpha value is -4.14. The van der Waals surface area contributed by atoms with Gasteiger partial charge in [-0.05, 0) is 65.8 Å². The quantitative estimate of drug-likeness (QED) is 0.0748. The minimum atomic E-state index is 0.461. The third kappa shape index (κ3) is 9.05. The van der Waals surface area contributed by atoms with Crippen LogP contribution in [0.25, 0.3) is 46.1 Å². The molecule has 0 saturated carbocycles. The van der Waals surface area contributed by atoms with Gasteiger partial charge in [-0.15, -0.1) is 0 Å². The van der Waals surface area contributed by atoms with E-state index in [1.54, 1.807) is 0 Å². The van der Waals surface area contributed by atoms with Crippen LogP contribution in [-0.2, 0) is 35.0 Å². The van der Waals surface area contributed by atoms with Gasteiger partial charge in [0.2, 0.25) is 0 Å². The Kier molecular flexibility index (Phi) is 11.5. The fourth-order valence-corrected chi connectivity index (χ4v) is 6.50. The predicted molar refractivity (Wildman–Crippen MR) is 195 cm³/mol. The third-order valence-corrected chi connectivity index (χ3v) is 9.49. The molecule has 7 heteroatoms. The van der Waals surface area contributed by atoms with Gasteiger partial charge in [-0.3, -0.25) is 0 Å². The molecule has 1 fully saturated rings. The van der Waals surface area contributed by atoms with Crippen LogP contribution in [0, 0.1) is 0 Å². The zero-order chi connectivity index (χ0) is 33.2. The van der Waals surface area contributed by atoms with Crippen LogP contribution in [-0.4, -0.2) is 68.8 Å². The van der Waals surface area contributed by atoms with Crippen LogP contribution in [0.4, 0.5) is 0 Å². The maximum absolute atomic E-state index is 6.17. The summed E-state index contributed by atoms with van der Waals surface area (Å²) in [4.78, 5) is 0. The molecular formula is C41H51N4O3+3. The highest BCUT2D eigenvalue weighted by Gasteiger charge is 2.23. The number of pyridine rings is 2. The van der Waals surface area contributed by atoms with Crippen LogP contribution in [0.5, 0.6) is 0 Å². The summed E-state index contributed by atoms with van der Waals surface area (Å²) in [5, 5.41) is 2.43. The summed E-state index contributed by atoms with van der Waals surface area (Å²) in [5.74, 6) is 0. The maximum Gasteiger partial charge on any atom is 0.169 e. The topological polar surface area (TPSA) is 40.4 Å². The molecule has 0 N–H and O–H groups in total. The molecule has 48 heavy (non-hydrogen) atoms. The number of benzene rings is 2. The number of hydrogen-bond donors (Lipinski definition) is 0. The van der Waals surface area contributed by atoms with E-state index in [0.717, 1.165) is 39.8 Å². The zero-order valence-electron chi connectivity index (χ0n) is 28.9. The number of likely N-dealkylation sites (N-methyl/N-ethyl adjacent to an activating group) is 1. The van der Waals surface area contributed by atoms with Gasteiger partial charge in [-0.25, -0.2) is 9.13 Å². The first-order valence-corrected chi connectivity index (χ1v) is 17.4. The Morgan fingerprint density at radius 1 is 0.583 bits per heavy atom. The van der Waals surface area contributed by atoms with Crippen molar-refractivity contribution in [1.29, 1.82) is 0 Å². The second-order valence-electron chi connectivity index (χ2n) is 13.4. The summed E-state index contributed by atoms with van der Waals surface area (Å²) in [5.41, 5.74) is 6.99. The highest BCUT2D eigenvalue weighted by molar-refractivity contribution is 6.09. The average molecular weight is 648 g/mol. The van der Waals surface area contributed by atoms with Gasteiger partial charge in [-0.2, -0.15) is 0 Å². The van der Waals surface area contributed by atoms with Crippen molar-refractivity contribution in [2.45, 2.75) is 26.0 Å². The predicted octanol–water partition coefficient (Wildman–Crippen LogP) is 6.42. The van der Waals surface area contributed by atoms with Gasteiger partial charge in [0.25, 0.3) is 0 Å². The first-order chi connectivity index (χ1) is 23.5. The van der Waals surface area contributed by atoms with Gasteiger partial charge in [-0.1, -0.05) is 36.4 Å². The SMILES string of the molecule is C[n+]1ccc(C=Cc2ccc3c(c2)c2cc(C=Cc4cc[n+](C)cc4)ccc2n3COCCOCCOCC[N+]2(C)CCCCC2)cc1. The number of fused-ring (bicyclic) bond motifs is 3. The Morgan fingerprint density at radius 3 is 1.56 bits per heavy atom. The van der Waals surface area contributed by atoms with Crippen LogP contribution in [0.3, 0.4) is 0 Å². The van der Waals surface area contributed by atoms with Crippen molar-refractivity contribution in [3.8, 4) is 0 Å². The molecule has 7 nitrogen and oxygen atoms in total. The number of quaternary nitrogens is 1. The summed E-state index contributed by atoms with van der Waals surface area (Å²) in [6, 6.07) is 21.9. The van der Waals surface area contributed by atoms with Crippen LogP contribution < -0.4 is 9.13 Å². The van der Waals surface area contributed by atoms with Crippen molar-refractivity contribution in [3.05, 3.63) is 108 Å². The normalized spacial score (nSPS) is 15.0. The van der Waals surface area contributed by atoms with Crippen molar-refractivity contribution >= 4 is 46.1 Å². The monoisotopic (exact) mass is 647 g/mol. The van der Waals surface area contributed by atoms with Gasteiger partial charge >= 0.3 is 0 Å². The number of rotatable bonds is 15.